The summed E-state index contributed by atoms with van der Waals surface area (Å²) in [5, 5.41) is 33.7. The highest BCUT2D eigenvalue weighted by Gasteiger charge is 2.84. The molecule has 4 fully saturated rings. The maximum atomic E-state index is 13.9. The Hall–Kier alpha value is -0.750. The Labute approximate surface area is 148 Å². The Bertz CT molecular complexity index is 728. The third-order valence-corrected chi connectivity index (χ3v) is 8.76. The number of carbonyl (C=O) groups excluding carboxylic acids is 1. The minimum Gasteiger partial charge on any atom is -0.387 e. The predicted molar refractivity (Wildman–Crippen MR) is 89.5 cm³/mol. The Kier molecular flexibility index (Phi) is 2.67. The summed E-state index contributed by atoms with van der Waals surface area (Å²) in [7, 11) is 0. The smallest absolute Gasteiger partial charge is 0.152 e. The monoisotopic (exact) mass is 348 g/mol. The Morgan fingerprint density at radius 3 is 2.52 bits per heavy atom. The number of aliphatic hydroxyl groups excluding tert-OH is 2. The number of hydrogen-bond acceptors (Lipinski definition) is 5. The molecule has 0 radical (unpaired) electrons. The number of ether oxygens (including phenoxy) is 1. The quantitative estimate of drug-likeness (QED) is 0.450. The maximum Gasteiger partial charge on any atom is 0.152 e. The molecule has 5 nitrogen and oxygen atoms in total. The van der Waals surface area contributed by atoms with Crippen LogP contribution in [0.4, 0.5) is 0 Å². The molecule has 2 bridgehead atoms. The third-order valence-electron chi connectivity index (χ3n) is 8.76. The van der Waals surface area contributed by atoms with E-state index in [0.717, 1.165) is 6.42 Å². The first kappa shape index (κ1) is 16.4. The van der Waals surface area contributed by atoms with Crippen LogP contribution in [0.25, 0.3) is 0 Å². The fourth-order valence-corrected chi connectivity index (χ4v) is 7.16. The van der Waals surface area contributed by atoms with Gasteiger partial charge in [-0.25, -0.2) is 0 Å². The number of fused-ring (bicyclic) bond motifs is 5. The van der Waals surface area contributed by atoms with Crippen molar-refractivity contribution in [2.24, 2.45) is 34.5 Å². The van der Waals surface area contributed by atoms with Crippen LogP contribution < -0.4 is 0 Å². The molecule has 3 saturated carbocycles. The van der Waals surface area contributed by atoms with Crippen molar-refractivity contribution in [3.8, 4) is 0 Å². The molecule has 0 aromatic carbocycles. The zero-order valence-electron chi connectivity index (χ0n) is 15.5. The average molecular weight is 348 g/mol. The summed E-state index contributed by atoms with van der Waals surface area (Å²) in [4.78, 5) is 13.9. The number of carbonyl (C=O) groups is 1. The SMILES string of the molecule is CC1=CC23C(=O)C(C4OC4(C)C(O)[C@]2(O)C1O)[C@H]1C(CC3C)C1(C)C. The lowest BCUT2D eigenvalue weighted by Gasteiger charge is -2.48. The first-order chi connectivity index (χ1) is 11.5. The van der Waals surface area contributed by atoms with Gasteiger partial charge in [-0.1, -0.05) is 26.8 Å². The third kappa shape index (κ3) is 1.41. The van der Waals surface area contributed by atoms with E-state index in [0.29, 0.717) is 11.5 Å². The fraction of sp³-hybridized carbons (Fsp3) is 0.850. The maximum absolute atomic E-state index is 13.9. The first-order valence-corrected chi connectivity index (χ1v) is 9.45. The highest BCUT2D eigenvalue weighted by molar-refractivity contribution is 5.95. The van der Waals surface area contributed by atoms with E-state index in [1.807, 2.05) is 6.92 Å². The molecule has 1 aliphatic heterocycles. The van der Waals surface area contributed by atoms with E-state index in [2.05, 4.69) is 13.8 Å². The topological polar surface area (TPSA) is 90.3 Å². The van der Waals surface area contributed by atoms with Crippen molar-refractivity contribution in [2.45, 2.75) is 70.6 Å². The van der Waals surface area contributed by atoms with E-state index in [9.17, 15) is 20.1 Å². The summed E-state index contributed by atoms with van der Waals surface area (Å²) in [5.74, 6) is 0.117. The van der Waals surface area contributed by atoms with Crippen LogP contribution in [0, 0.1) is 34.5 Å². The highest BCUT2D eigenvalue weighted by atomic mass is 16.6. The van der Waals surface area contributed by atoms with Gasteiger partial charge in [-0.2, -0.15) is 0 Å². The first-order valence-electron chi connectivity index (χ1n) is 9.45. The largest absolute Gasteiger partial charge is 0.387 e. The van der Waals surface area contributed by atoms with Crippen LogP contribution >= 0.6 is 0 Å². The number of Topliss-reactive ketones (excluding diaryl/α,β-unsaturated/α-hetero) is 1. The van der Waals surface area contributed by atoms with Crippen molar-refractivity contribution >= 4 is 5.78 Å². The molecule has 0 amide bonds. The molecule has 5 aliphatic rings. The minimum absolute atomic E-state index is 0.0400. The van der Waals surface area contributed by atoms with Gasteiger partial charge in [0.25, 0.3) is 0 Å². The van der Waals surface area contributed by atoms with Gasteiger partial charge in [0.1, 0.15) is 23.4 Å². The molecule has 3 N–H and O–H groups in total. The normalized spacial score (nSPS) is 63.6. The lowest BCUT2D eigenvalue weighted by atomic mass is 9.59. The van der Waals surface area contributed by atoms with Crippen LogP contribution in [0.5, 0.6) is 0 Å². The zero-order chi connectivity index (χ0) is 18.3. The van der Waals surface area contributed by atoms with E-state index in [4.69, 9.17) is 4.74 Å². The molecule has 0 aromatic rings. The molecule has 25 heavy (non-hydrogen) atoms. The van der Waals surface area contributed by atoms with E-state index in [-0.39, 0.29) is 35.1 Å². The number of aliphatic hydroxyl groups is 3. The van der Waals surface area contributed by atoms with Crippen LogP contribution in [0.2, 0.25) is 0 Å². The van der Waals surface area contributed by atoms with E-state index < -0.39 is 28.8 Å². The van der Waals surface area contributed by atoms with Gasteiger partial charge in [0, 0.05) is 0 Å². The van der Waals surface area contributed by atoms with Crippen molar-refractivity contribution in [2.75, 3.05) is 0 Å². The molecule has 138 valence electrons. The average Bonchev–Trinajstić information content (AvgIpc) is 3.35. The summed E-state index contributed by atoms with van der Waals surface area (Å²) in [6, 6.07) is 0. The van der Waals surface area contributed by atoms with Crippen molar-refractivity contribution in [1.29, 1.82) is 0 Å². The fourth-order valence-electron chi connectivity index (χ4n) is 7.16. The highest BCUT2D eigenvalue weighted by Crippen LogP contribution is 2.75. The standard InChI is InChI=1S/C20H28O5/c1-8-7-19-9(2)6-10-12(17(10,3)4)11(14(19)22)15-18(5,25-15)16(23)20(19,24)13(8)21/h7,9-13,15-16,21,23-24H,6H2,1-5H3/t9?,10?,11?,12-,13?,15?,16?,18?,19?,20-/m1/s1. The number of hydrogen-bond donors (Lipinski definition) is 3. The molecule has 5 heteroatoms. The lowest BCUT2D eigenvalue weighted by molar-refractivity contribution is -0.208. The van der Waals surface area contributed by atoms with Gasteiger partial charge in [-0.05, 0) is 49.0 Å². The second-order valence-corrected chi connectivity index (χ2v) is 10.1. The molecule has 8 unspecified atom stereocenters. The van der Waals surface area contributed by atoms with E-state index >= 15 is 0 Å². The van der Waals surface area contributed by atoms with Crippen molar-refractivity contribution in [3.63, 3.8) is 0 Å². The summed E-state index contributed by atoms with van der Waals surface area (Å²) >= 11 is 0. The second-order valence-electron chi connectivity index (χ2n) is 10.1. The zero-order valence-corrected chi connectivity index (χ0v) is 15.5. The van der Waals surface area contributed by atoms with Gasteiger partial charge in [0.2, 0.25) is 0 Å². The van der Waals surface area contributed by atoms with Crippen molar-refractivity contribution in [1.82, 2.24) is 0 Å². The van der Waals surface area contributed by atoms with Crippen LogP contribution in [0.15, 0.2) is 11.6 Å². The molecule has 4 aliphatic carbocycles. The Morgan fingerprint density at radius 1 is 1.24 bits per heavy atom. The predicted octanol–water partition coefficient (Wildman–Crippen LogP) is 1.05. The molecular formula is C20H28O5. The van der Waals surface area contributed by atoms with Gasteiger partial charge in [-0.3, -0.25) is 4.79 Å². The van der Waals surface area contributed by atoms with Crippen LogP contribution in [-0.2, 0) is 9.53 Å². The van der Waals surface area contributed by atoms with E-state index in [1.54, 1.807) is 19.9 Å². The molecule has 1 heterocycles. The van der Waals surface area contributed by atoms with Gasteiger partial charge in [0.05, 0.1) is 17.4 Å². The van der Waals surface area contributed by atoms with Crippen LogP contribution in [0.1, 0.15) is 41.0 Å². The molecular weight excluding hydrogens is 320 g/mol. The Morgan fingerprint density at radius 2 is 1.88 bits per heavy atom. The summed E-state index contributed by atoms with van der Waals surface area (Å²) in [5.41, 5.74) is -3.49. The Balaban J connectivity index is 1.79. The lowest BCUT2D eigenvalue weighted by Crippen LogP contribution is -2.67. The summed E-state index contributed by atoms with van der Waals surface area (Å²) in [6.07, 6.45) is -0.344. The second kappa shape index (κ2) is 4.06. The summed E-state index contributed by atoms with van der Waals surface area (Å²) in [6.45, 7) is 9.91. The van der Waals surface area contributed by atoms with Crippen LogP contribution in [0.3, 0.4) is 0 Å². The minimum atomic E-state index is -1.92. The molecule has 1 spiro atoms. The number of ketones is 1. The molecule has 0 aromatic heterocycles. The van der Waals surface area contributed by atoms with Gasteiger partial charge in [0.15, 0.2) is 5.78 Å². The van der Waals surface area contributed by atoms with Crippen molar-refractivity contribution < 1.29 is 24.9 Å². The van der Waals surface area contributed by atoms with Crippen LogP contribution in [-0.4, -0.2) is 50.6 Å². The number of rotatable bonds is 0. The van der Waals surface area contributed by atoms with Gasteiger partial charge >= 0.3 is 0 Å². The van der Waals surface area contributed by atoms with E-state index in [1.165, 1.54) is 0 Å². The summed E-state index contributed by atoms with van der Waals surface area (Å²) < 4.78 is 5.88. The number of epoxide rings is 1. The van der Waals surface area contributed by atoms with Crippen molar-refractivity contribution in [3.05, 3.63) is 11.6 Å². The molecule has 5 rings (SSSR count). The van der Waals surface area contributed by atoms with Gasteiger partial charge in [-0.15, -0.1) is 0 Å². The molecule has 10 atom stereocenters. The van der Waals surface area contributed by atoms with Gasteiger partial charge < -0.3 is 20.1 Å². The molecule has 1 saturated heterocycles.